The van der Waals surface area contributed by atoms with E-state index in [0.717, 1.165) is 6.07 Å². The first-order chi connectivity index (χ1) is 8.02. The molecule has 0 saturated carbocycles. The Balaban J connectivity index is 2.61. The molecule has 1 rings (SSSR count). The predicted octanol–water partition coefficient (Wildman–Crippen LogP) is 2.27. The summed E-state index contributed by atoms with van der Waals surface area (Å²) in [5.41, 5.74) is 0.230. The fourth-order valence-corrected chi connectivity index (χ4v) is 1.29. The first kappa shape index (κ1) is 13.2. The van der Waals surface area contributed by atoms with Crippen molar-refractivity contribution in [1.82, 2.24) is 0 Å². The first-order valence-corrected chi connectivity index (χ1v) is 5.16. The minimum atomic E-state index is -0.919. The molecule has 92 valence electrons. The summed E-state index contributed by atoms with van der Waals surface area (Å²) in [7, 11) is 0. The maximum absolute atomic E-state index is 13.4. The Morgan fingerprint density at radius 1 is 1.59 bits per heavy atom. The number of ether oxygens (including phenoxy) is 1. The number of rotatable bonds is 6. The fraction of sp³-hybridized carbons (Fsp3) is 0.333. The third kappa shape index (κ3) is 4.22. The molecule has 1 N–H and O–H groups in total. The van der Waals surface area contributed by atoms with Crippen LogP contribution in [0.25, 0.3) is 0 Å². The second-order valence-electron chi connectivity index (χ2n) is 3.67. The molecule has 0 aromatic heterocycles. The number of benzene rings is 1. The molecular weight excluding hydrogens is 227 g/mol. The molecular formula is C12H13FO4. The summed E-state index contributed by atoms with van der Waals surface area (Å²) in [6.45, 7) is 1.66. The maximum atomic E-state index is 13.4. The lowest BCUT2D eigenvalue weighted by molar-refractivity contribution is -0.137. The van der Waals surface area contributed by atoms with Gasteiger partial charge >= 0.3 is 5.97 Å². The number of aldehydes is 1. The zero-order valence-corrected chi connectivity index (χ0v) is 9.35. The summed E-state index contributed by atoms with van der Waals surface area (Å²) < 4.78 is 18.6. The van der Waals surface area contributed by atoms with Crippen LogP contribution in [0.15, 0.2) is 18.2 Å². The van der Waals surface area contributed by atoms with Gasteiger partial charge in [-0.15, -0.1) is 0 Å². The Kier molecular flexibility index (Phi) is 4.63. The third-order valence-electron chi connectivity index (χ3n) is 2.18. The number of carboxylic acid groups (broad SMARTS) is 1. The standard InChI is InChI=1S/C12H13FO4/c1-8(2-5-12(15)16)17-11-4-3-9(7-14)6-10(11)13/h3-4,6-8H,2,5H2,1H3,(H,15,16). The second-order valence-corrected chi connectivity index (χ2v) is 3.67. The largest absolute Gasteiger partial charge is 0.488 e. The molecule has 0 aliphatic carbocycles. The Bertz CT molecular complexity index is 417. The average Bonchev–Trinajstić information content (AvgIpc) is 2.29. The number of carbonyl (C=O) groups excluding carboxylic acids is 1. The van der Waals surface area contributed by atoms with Crippen LogP contribution in [0.3, 0.4) is 0 Å². The second kappa shape index (κ2) is 5.98. The minimum Gasteiger partial charge on any atom is -0.488 e. The van der Waals surface area contributed by atoms with Crippen LogP contribution >= 0.6 is 0 Å². The van der Waals surface area contributed by atoms with Gasteiger partial charge in [-0.25, -0.2) is 4.39 Å². The highest BCUT2D eigenvalue weighted by atomic mass is 19.1. The molecule has 1 atom stereocenters. The van der Waals surface area contributed by atoms with E-state index >= 15 is 0 Å². The van der Waals surface area contributed by atoms with Crippen LogP contribution in [-0.2, 0) is 4.79 Å². The van der Waals surface area contributed by atoms with E-state index in [4.69, 9.17) is 9.84 Å². The van der Waals surface area contributed by atoms with Crippen molar-refractivity contribution >= 4 is 12.3 Å². The third-order valence-corrected chi connectivity index (χ3v) is 2.18. The van der Waals surface area contributed by atoms with Gasteiger partial charge in [0, 0.05) is 12.0 Å². The monoisotopic (exact) mass is 240 g/mol. The summed E-state index contributed by atoms with van der Waals surface area (Å²) in [6.07, 6.45) is 0.405. The fourth-order valence-electron chi connectivity index (χ4n) is 1.29. The molecule has 0 spiro atoms. The van der Waals surface area contributed by atoms with Gasteiger partial charge in [-0.1, -0.05) is 0 Å². The van der Waals surface area contributed by atoms with Gasteiger partial charge < -0.3 is 9.84 Å². The molecule has 0 aliphatic rings. The quantitative estimate of drug-likeness (QED) is 0.775. The van der Waals surface area contributed by atoms with E-state index in [1.807, 2.05) is 0 Å². The molecule has 4 nitrogen and oxygen atoms in total. The summed E-state index contributed by atoms with van der Waals surface area (Å²) >= 11 is 0. The highest BCUT2D eigenvalue weighted by molar-refractivity contribution is 5.75. The van der Waals surface area contributed by atoms with Crippen molar-refractivity contribution in [2.45, 2.75) is 25.9 Å². The van der Waals surface area contributed by atoms with Gasteiger partial charge in [-0.05, 0) is 31.5 Å². The number of aliphatic carboxylic acids is 1. The molecule has 17 heavy (non-hydrogen) atoms. The van der Waals surface area contributed by atoms with E-state index in [9.17, 15) is 14.0 Å². The van der Waals surface area contributed by atoms with Crippen LogP contribution in [0, 0.1) is 5.82 Å². The number of halogens is 1. The van der Waals surface area contributed by atoms with E-state index in [-0.39, 0.29) is 17.7 Å². The van der Waals surface area contributed by atoms with E-state index in [1.54, 1.807) is 6.92 Å². The minimum absolute atomic E-state index is 0.0217. The number of hydrogen-bond donors (Lipinski definition) is 1. The highest BCUT2D eigenvalue weighted by Gasteiger charge is 2.10. The van der Waals surface area contributed by atoms with Crippen LogP contribution in [0.1, 0.15) is 30.1 Å². The van der Waals surface area contributed by atoms with Crippen LogP contribution in [0.5, 0.6) is 5.75 Å². The van der Waals surface area contributed by atoms with Gasteiger partial charge in [-0.2, -0.15) is 0 Å². The smallest absolute Gasteiger partial charge is 0.303 e. The molecule has 5 heteroatoms. The topological polar surface area (TPSA) is 63.6 Å². The van der Waals surface area contributed by atoms with Crippen LogP contribution in [-0.4, -0.2) is 23.5 Å². The van der Waals surface area contributed by atoms with Gasteiger partial charge in [0.15, 0.2) is 11.6 Å². The zero-order chi connectivity index (χ0) is 12.8. The van der Waals surface area contributed by atoms with Crippen molar-refractivity contribution in [2.75, 3.05) is 0 Å². The average molecular weight is 240 g/mol. The van der Waals surface area contributed by atoms with Gasteiger partial charge in [0.1, 0.15) is 6.29 Å². The summed E-state index contributed by atoms with van der Waals surface area (Å²) in [5.74, 6) is -1.53. The van der Waals surface area contributed by atoms with Crippen molar-refractivity contribution in [3.05, 3.63) is 29.6 Å². The van der Waals surface area contributed by atoms with Crippen molar-refractivity contribution in [1.29, 1.82) is 0 Å². The van der Waals surface area contributed by atoms with Gasteiger partial charge in [0.2, 0.25) is 0 Å². The van der Waals surface area contributed by atoms with Crippen LogP contribution < -0.4 is 4.74 Å². The molecule has 0 radical (unpaired) electrons. The van der Waals surface area contributed by atoms with Crippen LogP contribution in [0.4, 0.5) is 4.39 Å². The number of carbonyl (C=O) groups is 2. The number of carboxylic acids is 1. The molecule has 0 bridgehead atoms. The molecule has 1 unspecified atom stereocenters. The summed E-state index contributed by atoms with van der Waals surface area (Å²) in [4.78, 5) is 20.7. The Hall–Kier alpha value is -1.91. The highest BCUT2D eigenvalue weighted by Crippen LogP contribution is 2.20. The zero-order valence-electron chi connectivity index (χ0n) is 9.35. The van der Waals surface area contributed by atoms with Crippen molar-refractivity contribution in [3.63, 3.8) is 0 Å². The summed E-state index contributed by atoms with van der Waals surface area (Å²) in [5, 5.41) is 8.48. The molecule has 0 fully saturated rings. The SMILES string of the molecule is CC(CCC(=O)O)Oc1ccc(C=O)cc1F. The van der Waals surface area contributed by atoms with E-state index in [0.29, 0.717) is 12.7 Å². The Labute approximate surface area is 98.0 Å². The lowest BCUT2D eigenvalue weighted by Crippen LogP contribution is -2.14. The maximum Gasteiger partial charge on any atom is 0.303 e. The van der Waals surface area contributed by atoms with E-state index < -0.39 is 17.9 Å². The van der Waals surface area contributed by atoms with Crippen molar-refractivity contribution < 1.29 is 23.8 Å². The van der Waals surface area contributed by atoms with Gasteiger partial charge in [-0.3, -0.25) is 9.59 Å². The van der Waals surface area contributed by atoms with E-state index in [1.165, 1.54) is 12.1 Å². The molecule has 1 aromatic rings. The molecule has 1 aromatic carbocycles. The van der Waals surface area contributed by atoms with E-state index in [2.05, 4.69) is 0 Å². The summed E-state index contributed by atoms with van der Waals surface area (Å²) in [6, 6.07) is 3.87. The molecule has 0 saturated heterocycles. The predicted molar refractivity (Wildman–Crippen MR) is 58.7 cm³/mol. The van der Waals surface area contributed by atoms with Crippen molar-refractivity contribution in [3.8, 4) is 5.75 Å². The van der Waals surface area contributed by atoms with Crippen LogP contribution in [0.2, 0.25) is 0 Å². The lowest BCUT2D eigenvalue weighted by atomic mass is 10.2. The Morgan fingerprint density at radius 2 is 2.29 bits per heavy atom. The molecule has 0 aliphatic heterocycles. The van der Waals surface area contributed by atoms with Gasteiger partial charge in [0.25, 0.3) is 0 Å². The molecule has 0 heterocycles. The lowest BCUT2D eigenvalue weighted by Gasteiger charge is -2.14. The normalized spacial score (nSPS) is 11.9. The number of hydrogen-bond acceptors (Lipinski definition) is 3. The Morgan fingerprint density at radius 3 is 2.82 bits per heavy atom. The molecule has 0 amide bonds. The van der Waals surface area contributed by atoms with Crippen molar-refractivity contribution in [2.24, 2.45) is 0 Å². The van der Waals surface area contributed by atoms with Gasteiger partial charge in [0.05, 0.1) is 6.10 Å². The first-order valence-electron chi connectivity index (χ1n) is 5.16.